The molecule has 0 N–H and O–H groups in total. The van der Waals surface area contributed by atoms with Crippen molar-refractivity contribution in [1.82, 2.24) is 0 Å². The minimum Gasteiger partial charge on any atom is -0.487 e. The molecule has 0 bridgehead atoms. The molecule has 1 heteroatoms. The van der Waals surface area contributed by atoms with Crippen LogP contribution in [0.15, 0.2) is 42.5 Å². The van der Waals surface area contributed by atoms with Crippen molar-refractivity contribution in [3.63, 3.8) is 0 Å². The van der Waals surface area contributed by atoms with Crippen LogP contribution in [0.1, 0.15) is 96.6 Å². The molecule has 0 amide bonds. The van der Waals surface area contributed by atoms with E-state index in [-0.39, 0.29) is 11.0 Å². The third-order valence-electron chi connectivity index (χ3n) is 7.09. The summed E-state index contributed by atoms with van der Waals surface area (Å²) in [5, 5.41) is 0. The molecule has 0 radical (unpaired) electrons. The normalized spacial score (nSPS) is 25.4. The number of allylic oxidation sites excluding steroid dienone is 3. The maximum atomic E-state index is 6.58. The predicted octanol–water partition coefficient (Wildman–Crippen LogP) is 7.71. The van der Waals surface area contributed by atoms with Crippen molar-refractivity contribution in [2.45, 2.75) is 96.5 Å². The SMILES string of the molecule is C=CC(C)(CCCCCC)c1ccc2c(c1)OC(C)(C)[C@H]1CC=C(C)C[C@H]21. The van der Waals surface area contributed by atoms with Crippen LogP contribution in [0.3, 0.4) is 0 Å². The second kappa shape index (κ2) is 7.86. The highest BCUT2D eigenvalue weighted by Crippen LogP contribution is 2.52. The van der Waals surface area contributed by atoms with Gasteiger partial charge in [-0.25, -0.2) is 0 Å². The molecule has 0 spiro atoms. The van der Waals surface area contributed by atoms with Crippen LogP contribution in [0.4, 0.5) is 0 Å². The molecule has 2 aliphatic rings. The van der Waals surface area contributed by atoms with Crippen molar-refractivity contribution >= 4 is 0 Å². The van der Waals surface area contributed by atoms with E-state index < -0.39 is 0 Å². The van der Waals surface area contributed by atoms with Gasteiger partial charge in [0.25, 0.3) is 0 Å². The molecule has 1 heterocycles. The molecule has 27 heavy (non-hydrogen) atoms. The Labute approximate surface area is 166 Å². The summed E-state index contributed by atoms with van der Waals surface area (Å²) in [5.41, 5.74) is 4.20. The van der Waals surface area contributed by atoms with Gasteiger partial charge in [-0.2, -0.15) is 0 Å². The summed E-state index contributed by atoms with van der Waals surface area (Å²) in [5.74, 6) is 2.26. The van der Waals surface area contributed by atoms with Crippen molar-refractivity contribution in [3.8, 4) is 5.75 Å². The number of hydrogen-bond donors (Lipinski definition) is 0. The van der Waals surface area contributed by atoms with Gasteiger partial charge in [0.05, 0.1) is 0 Å². The van der Waals surface area contributed by atoms with E-state index in [1.54, 1.807) is 0 Å². The fourth-order valence-corrected chi connectivity index (χ4v) is 5.09. The fourth-order valence-electron chi connectivity index (χ4n) is 5.09. The summed E-state index contributed by atoms with van der Waals surface area (Å²) in [6.45, 7) is 15.6. The molecule has 0 fully saturated rings. The summed E-state index contributed by atoms with van der Waals surface area (Å²) in [4.78, 5) is 0. The van der Waals surface area contributed by atoms with Crippen LogP contribution >= 0.6 is 0 Å². The third-order valence-corrected chi connectivity index (χ3v) is 7.09. The van der Waals surface area contributed by atoms with E-state index in [0.29, 0.717) is 11.8 Å². The highest BCUT2D eigenvalue weighted by Gasteiger charge is 2.44. The van der Waals surface area contributed by atoms with Gasteiger partial charge in [0.1, 0.15) is 11.4 Å². The maximum absolute atomic E-state index is 6.58. The van der Waals surface area contributed by atoms with E-state index in [1.165, 1.54) is 48.8 Å². The van der Waals surface area contributed by atoms with Gasteiger partial charge in [-0.15, -0.1) is 6.58 Å². The minimum absolute atomic E-state index is 0.0233. The third kappa shape index (κ3) is 4.03. The van der Waals surface area contributed by atoms with Crippen LogP contribution in [0.2, 0.25) is 0 Å². The zero-order valence-electron chi connectivity index (χ0n) is 18.1. The number of rotatable bonds is 7. The van der Waals surface area contributed by atoms with E-state index in [0.717, 1.165) is 18.6 Å². The first kappa shape index (κ1) is 20.2. The molecular formula is C26H38O. The number of benzene rings is 1. The molecule has 3 atom stereocenters. The van der Waals surface area contributed by atoms with Gasteiger partial charge in [-0.05, 0) is 63.1 Å². The quantitative estimate of drug-likeness (QED) is 0.354. The Kier molecular flexibility index (Phi) is 5.89. The number of fused-ring (bicyclic) bond motifs is 3. The summed E-state index contributed by atoms with van der Waals surface area (Å²) < 4.78 is 6.58. The van der Waals surface area contributed by atoms with Crippen LogP contribution in [0.25, 0.3) is 0 Å². The second-order valence-electron chi connectivity index (χ2n) is 9.59. The highest BCUT2D eigenvalue weighted by molar-refractivity contribution is 5.47. The first-order valence-electron chi connectivity index (χ1n) is 10.9. The Bertz CT molecular complexity index is 711. The highest BCUT2D eigenvalue weighted by atomic mass is 16.5. The molecule has 1 unspecified atom stereocenters. The Morgan fingerprint density at radius 2 is 2.04 bits per heavy atom. The molecule has 0 saturated carbocycles. The first-order valence-corrected chi connectivity index (χ1v) is 10.9. The van der Waals surface area contributed by atoms with E-state index >= 15 is 0 Å². The Hall–Kier alpha value is -1.50. The molecule has 1 aromatic rings. The molecule has 0 aromatic heterocycles. The van der Waals surface area contributed by atoms with E-state index in [4.69, 9.17) is 4.74 Å². The second-order valence-corrected chi connectivity index (χ2v) is 9.59. The summed E-state index contributed by atoms with van der Waals surface area (Å²) >= 11 is 0. The molecular weight excluding hydrogens is 328 g/mol. The zero-order chi connectivity index (χ0) is 19.7. The van der Waals surface area contributed by atoms with Gasteiger partial charge in [0.15, 0.2) is 0 Å². The minimum atomic E-state index is -0.112. The van der Waals surface area contributed by atoms with Crippen LogP contribution in [0.5, 0.6) is 5.75 Å². The zero-order valence-corrected chi connectivity index (χ0v) is 18.1. The predicted molar refractivity (Wildman–Crippen MR) is 117 cm³/mol. The van der Waals surface area contributed by atoms with Crippen LogP contribution in [0, 0.1) is 5.92 Å². The van der Waals surface area contributed by atoms with Crippen molar-refractivity contribution in [3.05, 3.63) is 53.6 Å². The summed E-state index contributed by atoms with van der Waals surface area (Å²) in [6.07, 6.45) is 13.2. The van der Waals surface area contributed by atoms with E-state index in [9.17, 15) is 0 Å². The molecule has 3 rings (SSSR count). The molecule has 1 aliphatic heterocycles. The standard InChI is InChI=1S/C26H38O/c1-7-9-10-11-16-26(6,8-2)20-13-14-21-22-17-19(3)12-15-23(22)25(4,5)27-24(21)18-20/h8,12-14,18,22-23H,2,7,9-11,15-17H2,1,3-6H3/t22-,23+,26?/m1/s1. The monoisotopic (exact) mass is 366 g/mol. The summed E-state index contributed by atoms with van der Waals surface area (Å²) in [7, 11) is 0. The van der Waals surface area contributed by atoms with Crippen molar-refractivity contribution < 1.29 is 4.74 Å². The van der Waals surface area contributed by atoms with Crippen molar-refractivity contribution in [2.24, 2.45) is 5.92 Å². The smallest absolute Gasteiger partial charge is 0.123 e. The van der Waals surface area contributed by atoms with Gasteiger partial charge in [-0.3, -0.25) is 0 Å². The lowest BCUT2D eigenvalue weighted by Crippen LogP contribution is -2.45. The Morgan fingerprint density at radius 1 is 1.26 bits per heavy atom. The average Bonchev–Trinajstić information content (AvgIpc) is 2.64. The molecule has 0 saturated heterocycles. The molecule has 1 nitrogen and oxygen atoms in total. The lowest BCUT2D eigenvalue weighted by Gasteiger charge is -2.47. The first-order chi connectivity index (χ1) is 12.8. The van der Waals surface area contributed by atoms with E-state index in [2.05, 4.69) is 71.5 Å². The van der Waals surface area contributed by atoms with Crippen molar-refractivity contribution in [2.75, 3.05) is 0 Å². The number of unbranched alkanes of at least 4 members (excludes halogenated alkanes) is 3. The maximum Gasteiger partial charge on any atom is 0.123 e. The topological polar surface area (TPSA) is 9.23 Å². The summed E-state index contributed by atoms with van der Waals surface area (Å²) in [6, 6.07) is 7.01. The van der Waals surface area contributed by atoms with Gasteiger partial charge in [0, 0.05) is 11.3 Å². The van der Waals surface area contributed by atoms with Gasteiger partial charge >= 0.3 is 0 Å². The van der Waals surface area contributed by atoms with Gasteiger partial charge in [-0.1, -0.05) is 69.4 Å². The van der Waals surface area contributed by atoms with Crippen LogP contribution < -0.4 is 4.74 Å². The molecule has 1 aromatic carbocycles. The number of ether oxygens (including phenoxy) is 1. The average molecular weight is 367 g/mol. The van der Waals surface area contributed by atoms with Crippen LogP contribution in [-0.4, -0.2) is 5.60 Å². The largest absolute Gasteiger partial charge is 0.487 e. The molecule has 148 valence electrons. The van der Waals surface area contributed by atoms with Gasteiger partial charge in [0.2, 0.25) is 0 Å². The van der Waals surface area contributed by atoms with Crippen LogP contribution in [-0.2, 0) is 5.41 Å². The lowest BCUT2D eigenvalue weighted by atomic mass is 9.67. The molecule has 1 aliphatic carbocycles. The fraction of sp³-hybridized carbons (Fsp3) is 0.615. The number of hydrogen-bond acceptors (Lipinski definition) is 1. The van der Waals surface area contributed by atoms with Gasteiger partial charge < -0.3 is 4.74 Å². The Balaban J connectivity index is 1.90. The van der Waals surface area contributed by atoms with E-state index in [1.807, 2.05) is 0 Å². The lowest BCUT2D eigenvalue weighted by molar-refractivity contribution is 0.00840. The van der Waals surface area contributed by atoms with Crippen molar-refractivity contribution in [1.29, 1.82) is 0 Å². The Morgan fingerprint density at radius 3 is 2.74 bits per heavy atom.